The van der Waals surface area contributed by atoms with Gasteiger partial charge in [-0.2, -0.15) is 0 Å². The molecule has 0 fully saturated rings. The molecule has 0 radical (unpaired) electrons. The molecule has 0 aliphatic heterocycles. The highest BCUT2D eigenvalue weighted by Crippen LogP contribution is 2.12. The molecule has 5 heteroatoms. The van der Waals surface area contributed by atoms with Crippen LogP contribution < -0.4 is 27.6 Å². The number of hydrogen-bond donors (Lipinski definition) is 3. The molecule has 0 unspecified atom stereocenters. The number of hydrogen-bond acceptors (Lipinski definition) is 5. The molecule has 5 nitrogen and oxygen atoms in total. The predicted octanol–water partition coefficient (Wildman–Crippen LogP) is -0.0644. The van der Waals surface area contributed by atoms with E-state index in [1.165, 1.54) is 0 Å². The third-order valence-electron chi connectivity index (χ3n) is 2.64. The summed E-state index contributed by atoms with van der Waals surface area (Å²) >= 11 is 0. The minimum Gasteiger partial charge on any atom is -0.394 e. The Morgan fingerprint density at radius 2 is 1.82 bits per heavy atom. The topological polar surface area (TPSA) is 98.2 Å². The smallest absolute Gasteiger partial charge is 0.253 e. The van der Waals surface area contributed by atoms with E-state index in [2.05, 4.69) is 5.32 Å². The molecule has 0 amide bonds. The van der Waals surface area contributed by atoms with E-state index in [1.54, 1.807) is 0 Å². The Bertz CT molecular complexity index is 612. The Morgan fingerprint density at radius 1 is 1.12 bits per heavy atom. The molecule has 2 rings (SSSR count). The van der Waals surface area contributed by atoms with Crippen LogP contribution in [0.1, 0.15) is 11.1 Å². The lowest BCUT2D eigenvalue weighted by Crippen LogP contribution is -2.36. The molecule has 0 aliphatic rings. The molecular weight excluding hydrogens is 218 g/mol. The van der Waals surface area contributed by atoms with Crippen LogP contribution in [0.5, 0.6) is 0 Å². The number of benzene rings is 1. The fraction of sp³-hybridized carbons (Fsp3) is 0.167. The Labute approximate surface area is 97.8 Å². The van der Waals surface area contributed by atoms with Crippen LogP contribution in [0.25, 0.3) is 0 Å². The lowest BCUT2D eigenvalue weighted by molar-refractivity contribution is 1.05. The van der Waals surface area contributed by atoms with E-state index in [-0.39, 0.29) is 11.4 Å². The molecule has 0 heterocycles. The third-order valence-corrected chi connectivity index (χ3v) is 2.64. The van der Waals surface area contributed by atoms with Gasteiger partial charge >= 0.3 is 0 Å². The number of nitrogens with two attached hydrogens (primary N) is 2. The molecule has 5 N–H and O–H groups in total. The predicted molar refractivity (Wildman–Crippen MR) is 67.4 cm³/mol. The Hall–Kier alpha value is -2.14. The zero-order chi connectivity index (χ0) is 12.4. The highest BCUT2D eigenvalue weighted by atomic mass is 16.2. The summed E-state index contributed by atoms with van der Waals surface area (Å²) in [4.78, 5) is 22.0. The Balaban J connectivity index is 2.08. The first kappa shape index (κ1) is 11.3. The zero-order valence-corrected chi connectivity index (χ0v) is 9.19. The van der Waals surface area contributed by atoms with Crippen LogP contribution in [0, 0.1) is 0 Å². The Morgan fingerprint density at radius 3 is 2.47 bits per heavy atom. The lowest BCUT2D eigenvalue weighted by atomic mass is 10.1. The third kappa shape index (κ3) is 2.05. The monoisotopic (exact) mass is 231 g/mol. The molecule has 88 valence electrons. The van der Waals surface area contributed by atoms with Gasteiger partial charge in [-0.3, -0.25) is 9.59 Å². The number of anilines is 2. The van der Waals surface area contributed by atoms with Gasteiger partial charge in [0.05, 0.1) is 0 Å². The van der Waals surface area contributed by atoms with Crippen LogP contribution in [-0.2, 0) is 13.1 Å². The van der Waals surface area contributed by atoms with E-state index in [9.17, 15) is 9.59 Å². The minimum absolute atomic E-state index is 0.0185. The van der Waals surface area contributed by atoms with Gasteiger partial charge in [-0.05, 0) is 11.1 Å². The van der Waals surface area contributed by atoms with Crippen molar-refractivity contribution >= 4 is 11.4 Å². The van der Waals surface area contributed by atoms with Gasteiger partial charge in [0.2, 0.25) is 0 Å². The average molecular weight is 231 g/mol. The molecule has 0 saturated carbocycles. The summed E-state index contributed by atoms with van der Waals surface area (Å²) in [6.07, 6.45) is 0. The van der Waals surface area contributed by atoms with E-state index >= 15 is 0 Å². The van der Waals surface area contributed by atoms with Crippen molar-refractivity contribution in [1.29, 1.82) is 0 Å². The number of rotatable bonds is 4. The molecule has 0 atom stereocenters. The summed E-state index contributed by atoms with van der Waals surface area (Å²) in [5, 5.41) is 2.86. The molecule has 17 heavy (non-hydrogen) atoms. The fourth-order valence-electron chi connectivity index (χ4n) is 1.64. The van der Waals surface area contributed by atoms with Gasteiger partial charge in [0.25, 0.3) is 10.9 Å². The van der Waals surface area contributed by atoms with Gasteiger partial charge in [-0.1, -0.05) is 24.3 Å². The Kier molecular flexibility index (Phi) is 2.93. The van der Waals surface area contributed by atoms with Crippen molar-refractivity contribution in [2.75, 3.05) is 11.1 Å². The van der Waals surface area contributed by atoms with Gasteiger partial charge in [-0.15, -0.1) is 0 Å². The van der Waals surface area contributed by atoms with Crippen LogP contribution >= 0.6 is 0 Å². The van der Waals surface area contributed by atoms with Crippen molar-refractivity contribution in [2.45, 2.75) is 13.1 Å². The van der Waals surface area contributed by atoms with Crippen LogP contribution in [-0.4, -0.2) is 0 Å². The first-order valence-corrected chi connectivity index (χ1v) is 5.24. The molecule has 0 spiro atoms. The molecule has 0 bridgehead atoms. The zero-order valence-electron chi connectivity index (χ0n) is 9.19. The van der Waals surface area contributed by atoms with Gasteiger partial charge in [-0.25, -0.2) is 0 Å². The maximum Gasteiger partial charge on any atom is 0.253 e. The van der Waals surface area contributed by atoms with Crippen molar-refractivity contribution in [2.24, 2.45) is 5.73 Å². The first-order valence-electron chi connectivity index (χ1n) is 5.24. The van der Waals surface area contributed by atoms with Crippen LogP contribution in [0.15, 0.2) is 33.9 Å². The maximum atomic E-state index is 11.1. The first-order chi connectivity index (χ1) is 8.13. The van der Waals surface area contributed by atoms with Gasteiger partial charge < -0.3 is 16.8 Å². The van der Waals surface area contributed by atoms with Gasteiger partial charge in [0.15, 0.2) is 0 Å². The van der Waals surface area contributed by atoms with Crippen molar-refractivity contribution in [3.8, 4) is 0 Å². The van der Waals surface area contributed by atoms with Crippen molar-refractivity contribution in [3.63, 3.8) is 0 Å². The van der Waals surface area contributed by atoms with Crippen molar-refractivity contribution in [1.82, 2.24) is 0 Å². The second-order valence-electron chi connectivity index (χ2n) is 3.82. The summed E-state index contributed by atoms with van der Waals surface area (Å²) in [7, 11) is 0. The largest absolute Gasteiger partial charge is 0.394 e. The second-order valence-corrected chi connectivity index (χ2v) is 3.82. The molecule has 2 aromatic rings. The lowest BCUT2D eigenvalue weighted by Gasteiger charge is -2.10. The molecular formula is C12H13N3O2. The summed E-state index contributed by atoms with van der Waals surface area (Å²) in [6, 6.07) is 7.67. The van der Waals surface area contributed by atoms with Crippen LogP contribution in [0.4, 0.5) is 11.4 Å². The van der Waals surface area contributed by atoms with E-state index in [1.807, 2.05) is 24.3 Å². The maximum absolute atomic E-state index is 11.1. The highest BCUT2D eigenvalue weighted by Gasteiger charge is 2.16. The average Bonchev–Trinajstić information content (AvgIpc) is 2.38. The van der Waals surface area contributed by atoms with Crippen LogP contribution in [0.3, 0.4) is 0 Å². The normalized spacial score (nSPS) is 10.6. The van der Waals surface area contributed by atoms with E-state index < -0.39 is 10.9 Å². The van der Waals surface area contributed by atoms with Crippen LogP contribution in [0.2, 0.25) is 0 Å². The van der Waals surface area contributed by atoms with E-state index in [4.69, 9.17) is 11.5 Å². The van der Waals surface area contributed by atoms with Crippen molar-refractivity contribution in [3.05, 3.63) is 55.8 Å². The summed E-state index contributed by atoms with van der Waals surface area (Å²) in [6.45, 7) is 0.916. The molecule has 0 aliphatic carbocycles. The quantitative estimate of drug-likeness (QED) is 0.640. The number of nitrogen functional groups attached to an aromatic ring is 1. The summed E-state index contributed by atoms with van der Waals surface area (Å²) in [5.74, 6) is 0. The minimum atomic E-state index is -0.608. The van der Waals surface area contributed by atoms with Gasteiger partial charge in [0, 0.05) is 13.1 Å². The highest BCUT2D eigenvalue weighted by molar-refractivity contribution is 5.71. The summed E-state index contributed by atoms with van der Waals surface area (Å²) < 4.78 is 0. The fourth-order valence-corrected chi connectivity index (χ4v) is 1.64. The summed E-state index contributed by atoms with van der Waals surface area (Å²) in [5.41, 5.74) is 12.0. The molecule has 0 saturated heterocycles. The molecule has 2 aromatic carbocycles. The standard InChI is InChI=1S/C12H13N3O2/c13-5-7-2-1-3-8(4-7)6-15-10-9(14)11(16)12(10)17/h1-4,15H,5-6,13-14H2. The number of nitrogens with one attached hydrogen (secondary N) is 1. The van der Waals surface area contributed by atoms with Gasteiger partial charge in [0.1, 0.15) is 11.4 Å². The second kappa shape index (κ2) is 4.39. The van der Waals surface area contributed by atoms with E-state index in [0.29, 0.717) is 13.1 Å². The molecule has 0 aromatic heterocycles. The van der Waals surface area contributed by atoms with Crippen molar-refractivity contribution < 1.29 is 0 Å². The van der Waals surface area contributed by atoms with E-state index in [0.717, 1.165) is 11.1 Å². The SMILES string of the molecule is NCc1cccc(CNc2c(N)c(=O)c2=O)c1.